The summed E-state index contributed by atoms with van der Waals surface area (Å²) < 4.78 is 1.13. The average Bonchev–Trinajstić information content (AvgIpc) is 2.40. The van der Waals surface area contributed by atoms with Crippen LogP contribution in [-0.4, -0.2) is 6.54 Å². The highest BCUT2D eigenvalue weighted by Crippen LogP contribution is 2.30. The summed E-state index contributed by atoms with van der Waals surface area (Å²) in [6.45, 7) is 5.16. The minimum atomic E-state index is 0.168. The largest absolute Gasteiger partial charge is 0.307 e. The van der Waals surface area contributed by atoms with Gasteiger partial charge in [0.25, 0.3) is 0 Å². The molecule has 0 aromatic heterocycles. The van der Waals surface area contributed by atoms with Crippen molar-refractivity contribution in [3.05, 3.63) is 68.7 Å². The molecule has 0 saturated heterocycles. The molecule has 0 aliphatic rings. The number of rotatable bonds is 4. The van der Waals surface area contributed by atoms with Crippen LogP contribution in [0.3, 0.4) is 0 Å². The van der Waals surface area contributed by atoms with Crippen molar-refractivity contribution in [2.75, 3.05) is 6.54 Å². The smallest absolute Gasteiger partial charge is 0.0580 e. The first-order chi connectivity index (χ1) is 9.13. The predicted octanol–water partition coefficient (Wildman–Crippen LogP) is 5.11. The van der Waals surface area contributed by atoms with Gasteiger partial charge in [0.2, 0.25) is 0 Å². The Hall–Kier alpha value is -0.830. The third-order valence-corrected chi connectivity index (χ3v) is 4.31. The molecule has 3 heteroatoms. The summed E-state index contributed by atoms with van der Waals surface area (Å²) in [5.74, 6) is 0. The van der Waals surface area contributed by atoms with Crippen molar-refractivity contribution >= 4 is 27.5 Å². The lowest BCUT2D eigenvalue weighted by Crippen LogP contribution is -2.22. The first-order valence-electron chi connectivity index (χ1n) is 6.37. The highest BCUT2D eigenvalue weighted by atomic mass is 79.9. The Bertz CT molecular complexity index is 568. The fourth-order valence-electron chi connectivity index (χ4n) is 2.23. The Morgan fingerprint density at radius 3 is 2.63 bits per heavy atom. The molecule has 19 heavy (non-hydrogen) atoms. The Morgan fingerprint density at radius 1 is 1.21 bits per heavy atom. The molecule has 0 spiro atoms. The fourth-order valence-corrected chi connectivity index (χ4v) is 2.81. The van der Waals surface area contributed by atoms with Crippen molar-refractivity contribution < 1.29 is 0 Å². The van der Waals surface area contributed by atoms with Gasteiger partial charge in [0.15, 0.2) is 0 Å². The summed E-state index contributed by atoms with van der Waals surface area (Å²) >= 11 is 9.71. The van der Waals surface area contributed by atoms with Crippen LogP contribution in [-0.2, 0) is 0 Å². The highest BCUT2D eigenvalue weighted by Gasteiger charge is 2.16. The van der Waals surface area contributed by atoms with Gasteiger partial charge >= 0.3 is 0 Å². The zero-order chi connectivity index (χ0) is 13.8. The molecule has 0 bridgehead atoms. The van der Waals surface area contributed by atoms with E-state index >= 15 is 0 Å². The molecule has 1 unspecified atom stereocenters. The van der Waals surface area contributed by atoms with E-state index in [0.29, 0.717) is 0 Å². The Kier molecular flexibility index (Phi) is 5.03. The number of halogens is 2. The molecule has 0 heterocycles. The lowest BCUT2D eigenvalue weighted by atomic mass is 9.95. The third kappa shape index (κ3) is 3.38. The van der Waals surface area contributed by atoms with Crippen LogP contribution in [0.25, 0.3) is 0 Å². The van der Waals surface area contributed by atoms with Gasteiger partial charge in [-0.1, -0.05) is 58.7 Å². The Labute approximate surface area is 128 Å². The molecule has 2 aromatic carbocycles. The maximum atomic E-state index is 6.11. The van der Waals surface area contributed by atoms with Gasteiger partial charge in [0.05, 0.1) is 6.04 Å². The summed E-state index contributed by atoms with van der Waals surface area (Å²) in [7, 11) is 0. The minimum absolute atomic E-state index is 0.168. The Balaban J connectivity index is 2.48. The lowest BCUT2D eigenvalue weighted by molar-refractivity contribution is 0.627. The number of hydrogen-bond acceptors (Lipinski definition) is 1. The third-order valence-electron chi connectivity index (χ3n) is 3.21. The van der Waals surface area contributed by atoms with Crippen LogP contribution in [0.4, 0.5) is 0 Å². The highest BCUT2D eigenvalue weighted by molar-refractivity contribution is 9.10. The molecule has 0 aliphatic carbocycles. The van der Waals surface area contributed by atoms with Gasteiger partial charge in [-0.2, -0.15) is 0 Å². The van der Waals surface area contributed by atoms with Crippen LogP contribution in [0.1, 0.15) is 29.7 Å². The molecular weight excluding hydrogens is 322 g/mol. The van der Waals surface area contributed by atoms with Gasteiger partial charge in [-0.05, 0) is 48.4 Å². The average molecular weight is 339 g/mol. The molecule has 2 aromatic rings. The van der Waals surface area contributed by atoms with Gasteiger partial charge in [0, 0.05) is 9.50 Å². The summed E-state index contributed by atoms with van der Waals surface area (Å²) in [6, 6.07) is 14.5. The summed E-state index contributed by atoms with van der Waals surface area (Å²) in [5.41, 5.74) is 3.72. The minimum Gasteiger partial charge on any atom is -0.307 e. The first kappa shape index (κ1) is 14.6. The van der Waals surface area contributed by atoms with Gasteiger partial charge in [-0.15, -0.1) is 0 Å². The van der Waals surface area contributed by atoms with Crippen molar-refractivity contribution in [2.24, 2.45) is 0 Å². The van der Waals surface area contributed by atoms with Crippen LogP contribution in [0, 0.1) is 6.92 Å². The van der Waals surface area contributed by atoms with Crippen LogP contribution in [0.15, 0.2) is 46.9 Å². The van der Waals surface area contributed by atoms with Gasteiger partial charge in [-0.25, -0.2) is 0 Å². The molecule has 1 nitrogen and oxygen atoms in total. The first-order valence-corrected chi connectivity index (χ1v) is 7.54. The fraction of sp³-hybridized carbons (Fsp3) is 0.250. The number of benzene rings is 2. The van der Waals surface area contributed by atoms with E-state index in [0.717, 1.165) is 16.0 Å². The lowest BCUT2D eigenvalue weighted by Gasteiger charge is -2.21. The molecule has 2 rings (SSSR count). The molecule has 1 N–H and O–H groups in total. The molecule has 1 atom stereocenters. The van der Waals surface area contributed by atoms with Crippen LogP contribution >= 0.6 is 27.5 Å². The number of nitrogens with one attached hydrogen (secondary N) is 1. The van der Waals surface area contributed by atoms with Crippen molar-refractivity contribution in [1.82, 2.24) is 5.32 Å². The monoisotopic (exact) mass is 337 g/mol. The molecule has 0 amide bonds. The second kappa shape index (κ2) is 6.56. The Morgan fingerprint density at radius 2 is 1.95 bits per heavy atom. The van der Waals surface area contributed by atoms with E-state index in [9.17, 15) is 0 Å². The van der Waals surface area contributed by atoms with Gasteiger partial charge in [-0.3, -0.25) is 0 Å². The normalized spacial score (nSPS) is 12.4. The molecule has 0 saturated carbocycles. The second-order valence-corrected chi connectivity index (χ2v) is 5.79. The van der Waals surface area contributed by atoms with Crippen LogP contribution < -0.4 is 5.32 Å². The van der Waals surface area contributed by atoms with E-state index in [2.05, 4.69) is 59.4 Å². The zero-order valence-electron chi connectivity index (χ0n) is 11.1. The van der Waals surface area contributed by atoms with Crippen molar-refractivity contribution in [3.63, 3.8) is 0 Å². The maximum Gasteiger partial charge on any atom is 0.0580 e. The van der Waals surface area contributed by atoms with E-state index in [1.165, 1.54) is 16.7 Å². The van der Waals surface area contributed by atoms with Crippen molar-refractivity contribution in [3.8, 4) is 0 Å². The van der Waals surface area contributed by atoms with Crippen LogP contribution in [0.5, 0.6) is 0 Å². The topological polar surface area (TPSA) is 12.0 Å². The molecule has 0 aliphatic heterocycles. The maximum absolute atomic E-state index is 6.11. The second-order valence-electron chi connectivity index (χ2n) is 4.50. The predicted molar refractivity (Wildman–Crippen MR) is 85.9 cm³/mol. The van der Waals surface area contributed by atoms with Gasteiger partial charge < -0.3 is 5.32 Å². The van der Waals surface area contributed by atoms with E-state index in [4.69, 9.17) is 11.6 Å². The standard InChI is InChI=1S/C16H17BrClN/c1-3-19-16(12-6-4-7-13(18)10-12)14-8-5-9-15(17)11(14)2/h4-10,16,19H,3H2,1-2H3. The molecule has 0 fully saturated rings. The molecular formula is C16H17BrClN. The summed E-state index contributed by atoms with van der Waals surface area (Å²) in [4.78, 5) is 0. The SMILES string of the molecule is CCNC(c1cccc(Cl)c1)c1cccc(Br)c1C. The van der Waals surface area contributed by atoms with Gasteiger partial charge in [0.1, 0.15) is 0 Å². The van der Waals surface area contributed by atoms with Crippen molar-refractivity contribution in [1.29, 1.82) is 0 Å². The quantitative estimate of drug-likeness (QED) is 0.817. The molecule has 100 valence electrons. The molecule has 0 radical (unpaired) electrons. The van der Waals surface area contributed by atoms with E-state index < -0.39 is 0 Å². The van der Waals surface area contributed by atoms with Crippen molar-refractivity contribution in [2.45, 2.75) is 19.9 Å². The zero-order valence-corrected chi connectivity index (χ0v) is 13.4. The van der Waals surface area contributed by atoms with E-state index in [1.807, 2.05) is 18.2 Å². The van der Waals surface area contributed by atoms with E-state index in [-0.39, 0.29) is 6.04 Å². The van der Waals surface area contributed by atoms with E-state index in [1.54, 1.807) is 0 Å². The van der Waals surface area contributed by atoms with Crippen LogP contribution in [0.2, 0.25) is 5.02 Å². The number of hydrogen-bond donors (Lipinski definition) is 1. The summed E-state index contributed by atoms with van der Waals surface area (Å²) in [5, 5.41) is 4.30. The summed E-state index contributed by atoms with van der Waals surface area (Å²) in [6.07, 6.45) is 0.